The van der Waals surface area contributed by atoms with Gasteiger partial charge in [0.25, 0.3) is 11.0 Å². The monoisotopic (exact) mass is 219 g/mol. The normalized spacial score (nSPS) is 10.3. The van der Waals surface area contributed by atoms with Crippen LogP contribution < -0.4 is 16.5 Å². The first-order valence-corrected chi connectivity index (χ1v) is 4.58. The molecule has 0 aliphatic heterocycles. The van der Waals surface area contributed by atoms with E-state index in [1.54, 1.807) is 6.07 Å². The van der Waals surface area contributed by atoms with Crippen molar-refractivity contribution in [1.29, 1.82) is 0 Å². The van der Waals surface area contributed by atoms with Crippen LogP contribution in [0.5, 0.6) is 0 Å². The van der Waals surface area contributed by atoms with E-state index in [1.165, 1.54) is 25.5 Å². The first-order chi connectivity index (χ1) is 7.61. The number of aryl methyl sites for hydroxylation is 1. The van der Waals surface area contributed by atoms with E-state index in [-0.39, 0.29) is 11.1 Å². The third-order valence-corrected chi connectivity index (χ3v) is 2.25. The van der Waals surface area contributed by atoms with Crippen molar-refractivity contribution in [2.75, 3.05) is 0 Å². The van der Waals surface area contributed by atoms with Crippen molar-refractivity contribution in [3.05, 3.63) is 55.5 Å². The van der Waals surface area contributed by atoms with E-state index in [9.17, 15) is 14.4 Å². The maximum atomic E-state index is 11.6. The van der Waals surface area contributed by atoms with E-state index in [0.717, 1.165) is 4.68 Å². The summed E-state index contributed by atoms with van der Waals surface area (Å²) in [6, 6.07) is 3.08. The van der Waals surface area contributed by atoms with Gasteiger partial charge < -0.3 is 10.1 Å². The molecule has 82 valence electrons. The summed E-state index contributed by atoms with van der Waals surface area (Å²) >= 11 is 0. The quantitative estimate of drug-likeness (QED) is 0.629. The van der Waals surface area contributed by atoms with Crippen molar-refractivity contribution < 1.29 is 0 Å². The average molecular weight is 219 g/mol. The molecule has 6 nitrogen and oxygen atoms in total. The smallest absolute Gasteiger partial charge is 0.313 e. The molecule has 0 atom stereocenters. The first-order valence-electron chi connectivity index (χ1n) is 4.58. The second-order valence-electron chi connectivity index (χ2n) is 3.29. The van der Waals surface area contributed by atoms with Crippen molar-refractivity contribution in [2.24, 2.45) is 7.05 Å². The Morgan fingerprint density at radius 2 is 1.94 bits per heavy atom. The van der Waals surface area contributed by atoms with Gasteiger partial charge in [-0.3, -0.25) is 19.1 Å². The Labute approximate surface area is 89.2 Å². The van der Waals surface area contributed by atoms with E-state index in [1.807, 2.05) is 0 Å². The van der Waals surface area contributed by atoms with Gasteiger partial charge in [0, 0.05) is 19.4 Å². The van der Waals surface area contributed by atoms with Gasteiger partial charge in [-0.05, 0) is 12.1 Å². The molecule has 0 radical (unpaired) electrons. The fraction of sp³-hybridized carbons (Fsp3) is 0.100. The summed E-state index contributed by atoms with van der Waals surface area (Å²) in [7, 11) is 1.43. The molecule has 0 unspecified atom stereocenters. The number of rotatable bonds is 1. The van der Waals surface area contributed by atoms with Crippen molar-refractivity contribution >= 4 is 0 Å². The van der Waals surface area contributed by atoms with Crippen molar-refractivity contribution in [1.82, 2.24) is 14.8 Å². The minimum Gasteiger partial charge on any atom is -0.329 e. The third kappa shape index (κ3) is 1.50. The topological polar surface area (TPSA) is 87.7 Å². The number of hydrogen-bond acceptors (Lipinski definition) is 3. The molecule has 6 heteroatoms. The predicted molar refractivity (Wildman–Crippen MR) is 58.4 cm³/mol. The summed E-state index contributed by atoms with van der Waals surface area (Å²) in [5.74, 6) is 0. The second kappa shape index (κ2) is 3.65. The Morgan fingerprint density at radius 3 is 2.62 bits per heavy atom. The van der Waals surface area contributed by atoms with Crippen LogP contribution in [0.15, 0.2) is 38.9 Å². The highest BCUT2D eigenvalue weighted by atomic mass is 16.2. The predicted octanol–water partition coefficient (Wildman–Crippen LogP) is -0.571. The lowest BCUT2D eigenvalue weighted by Crippen LogP contribution is -2.35. The maximum Gasteiger partial charge on any atom is 0.313 e. The SMILES string of the molecule is Cn1[nH]cc(-c2ccc[nH]c2=O)c(=O)c1=O. The van der Waals surface area contributed by atoms with Gasteiger partial charge in [0.15, 0.2) is 0 Å². The van der Waals surface area contributed by atoms with Gasteiger partial charge in [0.1, 0.15) is 0 Å². The van der Waals surface area contributed by atoms with Crippen LogP contribution in [0.3, 0.4) is 0 Å². The molecule has 0 saturated carbocycles. The lowest BCUT2D eigenvalue weighted by atomic mass is 10.1. The van der Waals surface area contributed by atoms with Crippen LogP contribution in [0.1, 0.15) is 0 Å². The summed E-state index contributed by atoms with van der Waals surface area (Å²) in [5.41, 5.74) is -1.54. The molecular formula is C10H9N3O3. The Kier molecular flexibility index (Phi) is 2.32. The fourth-order valence-electron chi connectivity index (χ4n) is 1.39. The zero-order valence-electron chi connectivity index (χ0n) is 8.48. The molecule has 0 fully saturated rings. The molecule has 0 amide bonds. The Bertz CT molecular complexity index is 693. The number of aromatic amines is 2. The minimum atomic E-state index is -0.696. The standard InChI is InChI=1S/C10H9N3O3/c1-13-10(16)8(14)7(5-12-13)6-3-2-4-11-9(6)15/h2-5,12H,1H3,(H,11,15). The maximum absolute atomic E-state index is 11.6. The molecular weight excluding hydrogens is 210 g/mol. The lowest BCUT2D eigenvalue weighted by Gasteiger charge is -2.00. The molecule has 0 bridgehead atoms. The van der Waals surface area contributed by atoms with Crippen molar-refractivity contribution in [3.8, 4) is 11.1 Å². The zero-order valence-corrected chi connectivity index (χ0v) is 8.48. The number of H-pyrrole nitrogens is 2. The van der Waals surface area contributed by atoms with Crippen LogP contribution in [-0.2, 0) is 7.05 Å². The molecule has 2 aromatic heterocycles. The van der Waals surface area contributed by atoms with Gasteiger partial charge in [-0.2, -0.15) is 0 Å². The fourth-order valence-corrected chi connectivity index (χ4v) is 1.39. The third-order valence-electron chi connectivity index (χ3n) is 2.25. The Morgan fingerprint density at radius 1 is 1.19 bits per heavy atom. The van der Waals surface area contributed by atoms with E-state index in [0.29, 0.717) is 0 Å². The van der Waals surface area contributed by atoms with E-state index < -0.39 is 16.5 Å². The minimum absolute atomic E-state index is 0.0740. The molecule has 0 aromatic carbocycles. The van der Waals surface area contributed by atoms with Crippen LogP contribution in [-0.4, -0.2) is 14.8 Å². The first kappa shape index (κ1) is 10.2. The van der Waals surface area contributed by atoms with Crippen LogP contribution in [0, 0.1) is 0 Å². The number of nitrogens with zero attached hydrogens (tertiary/aromatic N) is 1. The van der Waals surface area contributed by atoms with E-state index in [4.69, 9.17) is 0 Å². The summed E-state index contributed by atoms with van der Waals surface area (Å²) in [5, 5.41) is 2.59. The van der Waals surface area contributed by atoms with Gasteiger partial charge in [0.05, 0.1) is 11.1 Å². The van der Waals surface area contributed by atoms with Gasteiger partial charge in [0.2, 0.25) is 0 Å². The largest absolute Gasteiger partial charge is 0.329 e. The molecule has 16 heavy (non-hydrogen) atoms. The Hall–Kier alpha value is -2.37. The number of hydrogen-bond donors (Lipinski definition) is 2. The van der Waals surface area contributed by atoms with Crippen LogP contribution in [0.4, 0.5) is 0 Å². The molecule has 0 aliphatic carbocycles. The number of nitrogens with one attached hydrogen (secondary N) is 2. The Balaban J connectivity index is 2.82. The molecule has 2 N–H and O–H groups in total. The average Bonchev–Trinajstić information content (AvgIpc) is 2.28. The van der Waals surface area contributed by atoms with Gasteiger partial charge >= 0.3 is 5.56 Å². The molecule has 2 heterocycles. The molecule has 2 rings (SSSR count). The summed E-state index contributed by atoms with van der Waals surface area (Å²) < 4.78 is 1.06. The number of aromatic nitrogens is 3. The second-order valence-corrected chi connectivity index (χ2v) is 3.29. The molecule has 0 aliphatic rings. The molecule has 2 aromatic rings. The number of pyridine rings is 1. The summed E-state index contributed by atoms with van der Waals surface area (Å²) in [6.07, 6.45) is 2.80. The van der Waals surface area contributed by atoms with E-state index in [2.05, 4.69) is 10.1 Å². The summed E-state index contributed by atoms with van der Waals surface area (Å²) in [6.45, 7) is 0. The van der Waals surface area contributed by atoms with Crippen molar-refractivity contribution in [2.45, 2.75) is 0 Å². The highest BCUT2D eigenvalue weighted by molar-refractivity contribution is 5.60. The van der Waals surface area contributed by atoms with Crippen LogP contribution in [0.2, 0.25) is 0 Å². The summed E-state index contributed by atoms with van der Waals surface area (Å²) in [4.78, 5) is 36.9. The highest BCUT2D eigenvalue weighted by Gasteiger charge is 2.09. The zero-order chi connectivity index (χ0) is 11.7. The molecule has 0 spiro atoms. The van der Waals surface area contributed by atoms with Crippen LogP contribution in [0.25, 0.3) is 11.1 Å². The highest BCUT2D eigenvalue weighted by Crippen LogP contribution is 2.05. The van der Waals surface area contributed by atoms with Crippen molar-refractivity contribution in [3.63, 3.8) is 0 Å². The molecule has 0 saturated heterocycles. The van der Waals surface area contributed by atoms with Gasteiger partial charge in [-0.25, -0.2) is 0 Å². The van der Waals surface area contributed by atoms with Gasteiger partial charge in [-0.15, -0.1) is 0 Å². The van der Waals surface area contributed by atoms with E-state index >= 15 is 0 Å². The van der Waals surface area contributed by atoms with Crippen LogP contribution >= 0.6 is 0 Å². The lowest BCUT2D eigenvalue weighted by molar-refractivity contribution is 0.701. The van der Waals surface area contributed by atoms with Gasteiger partial charge in [-0.1, -0.05) is 0 Å².